The molecule has 3 N–H and O–H groups in total. The molecule has 0 radical (unpaired) electrons. The Morgan fingerprint density at radius 1 is 1.23 bits per heavy atom. The largest absolute Gasteiger partial charge is 0.392 e. The molecule has 0 fully saturated rings. The summed E-state index contributed by atoms with van der Waals surface area (Å²) in [5.41, 5.74) is 11.4. The van der Waals surface area contributed by atoms with Gasteiger partial charge in [0.05, 0.1) is 24.0 Å². The smallest absolute Gasteiger partial charge is 0.139 e. The van der Waals surface area contributed by atoms with Crippen LogP contribution in [0.1, 0.15) is 5.56 Å². The molecule has 22 heavy (non-hydrogen) atoms. The number of hydrogen-bond acceptors (Lipinski definition) is 4. The molecule has 0 saturated carbocycles. The molecule has 0 unspecified atom stereocenters. The zero-order valence-corrected chi connectivity index (χ0v) is 12.1. The molecule has 0 atom stereocenters. The van der Waals surface area contributed by atoms with Gasteiger partial charge in [0.25, 0.3) is 0 Å². The Hall–Kier alpha value is -2.86. The number of imidazole rings is 2. The van der Waals surface area contributed by atoms with E-state index in [-0.39, 0.29) is 6.61 Å². The third-order valence-electron chi connectivity index (χ3n) is 3.91. The van der Waals surface area contributed by atoms with Crippen LogP contribution < -0.4 is 5.73 Å². The van der Waals surface area contributed by atoms with Gasteiger partial charge in [-0.05, 0) is 29.8 Å². The monoisotopic (exact) mass is 293 g/mol. The number of nitrogens with zero attached hydrogens (tertiary/aromatic N) is 4. The average Bonchev–Trinajstić information content (AvgIpc) is 3.07. The van der Waals surface area contributed by atoms with Gasteiger partial charge in [-0.3, -0.25) is 4.40 Å². The summed E-state index contributed by atoms with van der Waals surface area (Å²) in [6.07, 6.45) is 3.61. The van der Waals surface area contributed by atoms with Crippen molar-refractivity contribution in [1.82, 2.24) is 18.9 Å². The molecular weight excluding hydrogens is 278 g/mol. The number of nitrogen functional groups attached to an aromatic ring is 1. The van der Waals surface area contributed by atoms with E-state index in [0.717, 1.165) is 33.5 Å². The van der Waals surface area contributed by atoms with E-state index in [4.69, 9.17) is 5.73 Å². The molecule has 4 rings (SSSR count). The lowest BCUT2D eigenvalue weighted by Gasteiger charge is -2.01. The quantitative estimate of drug-likeness (QED) is 0.592. The molecule has 0 saturated heterocycles. The predicted octanol–water partition coefficient (Wildman–Crippen LogP) is 1.96. The first-order chi connectivity index (χ1) is 10.7. The van der Waals surface area contributed by atoms with Gasteiger partial charge in [0.15, 0.2) is 0 Å². The van der Waals surface area contributed by atoms with Gasteiger partial charge in [-0.15, -0.1) is 0 Å². The van der Waals surface area contributed by atoms with Gasteiger partial charge in [0.2, 0.25) is 0 Å². The van der Waals surface area contributed by atoms with E-state index in [9.17, 15) is 5.11 Å². The number of aryl methyl sites for hydroxylation is 1. The van der Waals surface area contributed by atoms with E-state index in [1.165, 1.54) is 0 Å². The number of hydrogen-bond donors (Lipinski definition) is 2. The highest BCUT2D eigenvalue weighted by atomic mass is 16.3. The summed E-state index contributed by atoms with van der Waals surface area (Å²) in [4.78, 5) is 8.97. The summed E-state index contributed by atoms with van der Waals surface area (Å²) < 4.78 is 3.79. The molecule has 0 spiro atoms. The molecular formula is C16H15N5O. The maximum absolute atomic E-state index is 9.23. The van der Waals surface area contributed by atoms with Crippen LogP contribution in [-0.2, 0) is 13.7 Å². The molecule has 3 heterocycles. The van der Waals surface area contributed by atoms with Gasteiger partial charge in [-0.2, -0.15) is 0 Å². The van der Waals surface area contributed by atoms with Crippen molar-refractivity contribution >= 4 is 22.5 Å². The highest BCUT2D eigenvalue weighted by molar-refractivity contribution is 5.84. The van der Waals surface area contributed by atoms with Crippen LogP contribution in [0.3, 0.4) is 0 Å². The van der Waals surface area contributed by atoms with Crippen molar-refractivity contribution in [3.05, 3.63) is 48.4 Å². The zero-order chi connectivity index (χ0) is 15.3. The summed E-state index contributed by atoms with van der Waals surface area (Å²) in [6, 6.07) is 9.66. The molecule has 4 aromatic rings. The Kier molecular flexibility index (Phi) is 2.67. The Labute approximate surface area is 126 Å². The molecule has 6 nitrogen and oxygen atoms in total. The van der Waals surface area contributed by atoms with Crippen LogP contribution in [0.15, 0.2) is 42.9 Å². The highest BCUT2D eigenvalue weighted by Crippen LogP contribution is 2.28. The number of aliphatic hydroxyl groups is 1. The maximum atomic E-state index is 9.23. The molecule has 0 aliphatic heterocycles. The van der Waals surface area contributed by atoms with Gasteiger partial charge in [-0.25, -0.2) is 9.97 Å². The molecule has 110 valence electrons. The van der Waals surface area contributed by atoms with E-state index < -0.39 is 0 Å². The number of aromatic nitrogens is 4. The van der Waals surface area contributed by atoms with Crippen LogP contribution >= 0.6 is 0 Å². The van der Waals surface area contributed by atoms with Crippen LogP contribution in [0.25, 0.3) is 27.9 Å². The standard InChI is InChI=1S/C16H15N5O/c1-20-9-18-12-7-11(2-3-13(12)20)15-16(17)21-5-4-10(8-22)6-14(21)19-15/h2-7,9,22H,8,17H2,1H3. The van der Waals surface area contributed by atoms with Crippen LogP contribution in [0.2, 0.25) is 0 Å². The molecule has 6 heteroatoms. The highest BCUT2D eigenvalue weighted by Gasteiger charge is 2.13. The van der Waals surface area contributed by atoms with Crippen molar-refractivity contribution in [3.63, 3.8) is 0 Å². The summed E-state index contributed by atoms with van der Waals surface area (Å²) in [6.45, 7) is -0.0154. The maximum Gasteiger partial charge on any atom is 0.139 e. The van der Waals surface area contributed by atoms with E-state index in [2.05, 4.69) is 9.97 Å². The fraction of sp³-hybridized carbons (Fsp3) is 0.125. The first-order valence-corrected chi connectivity index (χ1v) is 6.96. The fourth-order valence-electron chi connectivity index (χ4n) is 2.70. The van der Waals surface area contributed by atoms with Crippen molar-refractivity contribution in [2.24, 2.45) is 7.05 Å². The molecule has 0 amide bonds. The first kappa shape index (κ1) is 12.8. The summed E-state index contributed by atoms with van der Waals surface area (Å²) in [5.74, 6) is 0.578. The minimum atomic E-state index is -0.0154. The topological polar surface area (TPSA) is 81.4 Å². The Morgan fingerprint density at radius 3 is 2.91 bits per heavy atom. The van der Waals surface area contributed by atoms with Crippen LogP contribution in [0, 0.1) is 0 Å². The number of rotatable bonds is 2. The van der Waals surface area contributed by atoms with Crippen LogP contribution in [-0.4, -0.2) is 24.0 Å². The van der Waals surface area contributed by atoms with Crippen molar-refractivity contribution in [1.29, 1.82) is 0 Å². The lowest BCUT2D eigenvalue weighted by Crippen LogP contribution is -1.95. The summed E-state index contributed by atoms with van der Waals surface area (Å²) in [5, 5.41) is 9.23. The lowest BCUT2D eigenvalue weighted by atomic mass is 10.1. The normalized spacial score (nSPS) is 11.5. The van der Waals surface area contributed by atoms with Gasteiger partial charge < -0.3 is 15.4 Å². The van der Waals surface area contributed by atoms with Crippen molar-refractivity contribution < 1.29 is 5.11 Å². The number of anilines is 1. The number of fused-ring (bicyclic) bond motifs is 2. The van der Waals surface area contributed by atoms with Gasteiger partial charge in [-0.1, -0.05) is 6.07 Å². The summed E-state index contributed by atoms with van der Waals surface area (Å²) in [7, 11) is 1.96. The van der Waals surface area contributed by atoms with Crippen LogP contribution in [0.5, 0.6) is 0 Å². The predicted molar refractivity (Wildman–Crippen MR) is 85.2 cm³/mol. The van der Waals surface area contributed by atoms with Gasteiger partial charge >= 0.3 is 0 Å². The van der Waals surface area contributed by atoms with Gasteiger partial charge in [0.1, 0.15) is 17.2 Å². The number of pyridine rings is 1. The third kappa shape index (κ3) is 1.78. The third-order valence-corrected chi connectivity index (χ3v) is 3.91. The number of nitrogens with two attached hydrogens (primary N) is 1. The minimum Gasteiger partial charge on any atom is -0.392 e. The van der Waals surface area contributed by atoms with Crippen molar-refractivity contribution in [2.75, 3.05) is 5.73 Å². The first-order valence-electron chi connectivity index (χ1n) is 6.96. The Balaban J connectivity index is 1.93. The SMILES string of the molecule is Cn1cnc2cc(-c3nc4cc(CO)ccn4c3N)ccc21. The number of aliphatic hydroxyl groups excluding tert-OH is 1. The second-order valence-electron chi connectivity index (χ2n) is 5.33. The molecule has 0 aliphatic carbocycles. The van der Waals surface area contributed by atoms with E-state index in [0.29, 0.717) is 5.82 Å². The zero-order valence-electron chi connectivity index (χ0n) is 12.1. The van der Waals surface area contributed by atoms with Crippen molar-refractivity contribution in [2.45, 2.75) is 6.61 Å². The molecule has 0 aliphatic rings. The van der Waals surface area contributed by atoms with Crippen molar-refractivity contribution in [3.8, 4) is 11.3 Å². The lowest BCUT2D eigenvalue weighted by molar-refractivity contribution is 0.282. The number of benzene rings is 1. The second-order valence-corrected chi connectivity index (χ2v) is 5.33. The summed E-state index contributed by atoms with van der Waals surface area (Å²) >= 11 is 0. The fourth-order valence-corrected chi connectivity index (χ4v) is 2.70. The molecule has 1 aromatic carbocycles. The van der Waals surface area contributed by atoms with Crippen LogP contribution in [0.4, 0.5) is 5.82 Å². The molecule has 0 bridgehead atoms. The Morgan fingerprint density at radius 2 is 2.09 bits per heavy atom. The minimum absolute atomic E-state index is 0.0154. The van der Waals surface area contributed by atoms with E-state index >= 15 is 0 Å². The second kappa shape index (κ2) is 4.57. The average molecular weight is 293 g/mol. The molecule has 3 aromatic heterocycles. The van der Waals surface area contributed by atoms with Gasteiger partial charge in [0, 0.05) is 18.8 Å². The Bertz CT molecular complexity index is 999. The van der Waals surface area contributed by atoms with E-state index in [1.807, 2.05) is 52.5 Å². The van der Waals surface area contributed by atoms with E-state index in [1.54, 1.807) is 6.33 Å².